The standard InChI is InChI=1S/C16H16BrCl2NO/c1-2-11(20)7-10-5-3-4-6-15(10)21-16-9-13(18)12(17)8-14(16)19/h3-6,8-9,11H,2,7,20H2,1H3. The molecule has 0 aliphatic rings. The van der Waals surface area contributed by atoms with Crippen LogP contribution in [0.3, 0.4) is 0 Å². The Balaban J connectivity index is 2.29. The van der Waals surface area contributed by atoms with Gasteiger partial charge in [0.1, 0.15) is 11.5 Å². The second-order valence-corrected chi connectivity index (χ2v) is 6.45. The molecular formula is C16H16BrCl2NO. The van der Waals surface area contributed by atoms with Crippen molar-refractivity contribution in [2.24, 2.45) is 5.73 Å². The summed E-state index contributed by atoms with van der Waals surface area (Å²) in [4.78, 5) is 0. The molecule has 2 rings (SSSR count). The minimum Gasteiger partial charge on any atom is -0.455 e. The zero-order valence-electron chi connectivity index (χ0n) is 11.6. The Morgan fingerprint density at radius 1 is 1.14 bits per heavy atom. The highest BCUT2D eigenvalue weighted by molar-refractivity contribution is 9.10. The van der Waals surface area contributed by atoms with Crippen LogP contribution in [0.2, 0.25) is 10.0 Å². The molecule has 0 bridgehead atoms. The predicted octanol–water partition coefficient (Wildman–Crippen LogP) is 5.83. The Bertz CT molecular complexity index is 634. The van der Waals surface area contributed by atoms with E-state index in [1.807, 2.05) is 24.3 Å². The summed E-state index contributed by atoms with van der Waals surface area (Å²) in [5.41, 5.74) is 7.09. The van der Waals surface area contributed by atoms with E-state index in [-0.39, 0.29) is 6.04 Å². The molecule has 5 heteroatoms. The van der Waals surface area contributed by atoms with Gasteiger partial charge in [-0.1, -0.05) is 48.3 Å². The van der Waals surface area contributed by atoms with Gasteiger partial charge in [0.15, 0.2) is 0 Å². The highest BCUT2D eigenvalue weighted by atomic mass is 79.9. The number of ether oxygens (including phenoxy) is 1. The molecule has 21 heavy (non-hydrogen) atoms. The minimum absolute atomic E-state index is 0.110. The van der Waals surface area contributed by atoms with E-state index in [0.29, 0.717) is 15.8 Å². The second kappa shape index (κ2) is 7.50. The molecule has 2 aromatic carbocycles. The maximum Gasteiger partial charge on any atom is 0.147 e. The Morgan fingerprint density at radius 2 is 1.86 bits per heavy atom. The van der Waals surface area contributed by atoms with Crippen LogP contribution in [0, 0.1) is 0 Å². The van der Waals surface area contributed by atoms with Gasteiger partial charge in [-0.3, -0.25) is 0 Å². The monoisotopic (exact) mass is 387 g/mol. The van der Waals surface area contributed by atoms with Crippen LogP contribution in [0.4, 0.5) is 0 Å². The van der Waals surface area contributed by atoms with Crippen molar-refractivity contribution < 1.29 is 4.74 Å². The topological polar surface area (TPSA) is 35.2 Å². The Morgan fingerprint density at radius 3 is 2.57 bits per heavy atom. The minimum atomic E-state index is 0.110. The molecule has 1 atom stereocenters. The van der Waals surface area contributed by atoms with Gasteiger partial charge in [-0.15, -0.1) is 0 Å². The number of benzene rings is 2. The molecule has 2 nitrogen and oxygen atoms in total. The third-order valence-electron chi connectivity index (χ3n) is 3.17. The fourth-order valence-corrected chi connectivity index (χ4v) is 2.73. The average molecular weight is 389 g/mol. The highest BCUT2D eigenvalue weighted by Gasteiger charge is 2.12. The molecule has 0 heterocycles. The molecule has 2 N–H and O–H groups in total. The quantitative estimate of drug-likeness (QED) is 0.654. The second-order valence-electron chi connectivity index (χ2n) is 4.78. The van der Waals surface area contributed by atoms with Crippen LogP contribution in [0.1, 0.15) is 18.9 Å². The Kier molecular flexibility index (Phi) is 5.94. The van der Waals surface area contributed by atoms with Crippen molar-refractivity contribution >= 4 is 39.1 Å². The molecule has 0 aliphatic heterocycles. The first-order valence-electron chi connectivity index (χ1n) is 6.67. The smallest absolute Gasteiger partial charge is 0.147 e. The zero-order valence-corrected chi connectivity index (χ0v) is 14.7. The Hall–Kier alpha value is -0.740. The van der Waals surface area contributed by atoms with Crippen LogP contribution in [-0.2, 0) is 6.42 Å². The number of hydrogen-bond acceptors (Lipinski definition) is 2. The maximum atomic E-state index is 6.20. The summed E-state index contributed by atoms with van der Waals surface area (Å²) in [5.74, 6) is 1.28. The SMILES string of the molecule is CCC(N)Cc1ccccc1Oc1cc(Cl)c(Br)cc1Cl. The lowest BCUT2D eigenvalue weighted by Gasteiger charge is -2.15. The van der Waals surface area contributed by atoms with E-state index in [1.54, 1.807) is 12.1 Å². The van der Waals surface area contributed by atoms with E-state index in [0.717, 1.165) is 28.6 Å². The van der Waals surface area contributed by atoms with Crippen molar-refractivity contribution in [3.8, 4) is 11.5 Å². The summed E-state index contributed by atoms with van der Waals surface area (Å²) in [6.07, 6.45) is 1.67. The lowest BCUT2D eigenvalue weighted by Crippen LogP contribution is -2.21. The van der Waals surface area contributed by atoms with Gasteiger partial charge in [0.25, 0.3) is 0 Å². The van der Waals surface area contributed by atoms with Crippen LogP contribution >= 0.6 is 39.1 Å². The van der Waals surface area contributed by atoms with Gasteiger partial charge in [-0.25, -0.2) is 0 Å². The first-order chi connectivity index (χ1) is 10.0. The molecule has 0 saturated heterocycles. The van der Waals surface area contributed by atoms with Gasteiger partial charge in [-0.2, -0.15) is 0 Å². The average Bonchev–Trinajstić information content (AvgIpc) is 2.46. The number of nitrogens with two attached hydrogens (primary N) is 1. The van der Waals surface area contributed by atoms with E-state index in [9.17, 15) is 0 Å². The molecule has 0 amide bonds. The molecule has 0 aromatic heterocycles. The van der Waals surface area contributed by atoms with Crippen molar-refractivity contribution in [1.82, 2.24) is 0 Å². The molecule has 0 radical (unpaired) electrons. The first-order valence-corrected chi connectivity index (χ1v) is 8.22. The predicted molar refractivity (Wildman–Crippen MR) is 92.6 cm³/mol. The lowest BCUT2D eigenvalue weighted by molar-refractivity contribution is 0.472. The summed E-state index contributed by atoms with van der Waals surface area (Å²) < 4.78 is 6.67. The summed E-state index contributed by atoms with van der Waals surface area (Å²) in [6.45, 7) is 2.07. The van der Waals surface area contributed by atoms with Gasteiger partial charge < -0.3 is 10.5 Å². The fourth-order valence-electron chi connectivity index (χ4n) is 1.90. The molecule has 0 aliphatic carbocycles. The molecule has 0 spiro atoms. The van der Waals surface area contributed by atoms with Crippen molar-refractivity contribution in [3.05, 3.63) is 56.5 Å². The van der Waals surface area contributed by atoms with E-state index in [1.165, 1.54) is 0 Å². The lowest BCUT2D eigenvalue weighted by atomic mass is 10.0. The van der Waals surface area contributed by atoms with Crippen LogP contribution in [0.15, 0.2) is 40.9 Å². The van der Waals surface area contributed by atoms with Crippen molar-refractivity contribution in [2.75, 3.05) is 0 Å². The molecule has 0 fully saturated rings. The maximum absolute atomic E-state index is 6.20. The molecule has 0 saturated carbocycles. The van der Waals surface area contributed by atoms with Gasteiger partial charge in [0.2, 0.25) is 0 Å². The third kappa shape index (κ3) is 4.36. The normalized spacial score (nSPS) is 12.2. The van der Waals surface area contributed by atoms with E-state index in [2.05, 4.69) is 22.9 Å². The number of hydrogen-bond donors (Lipinski definition) is 1. The van der Waals surface area contributed by atoms with Crippen molar-refractivity contribution in [2.45, 2.75) is 25.8 Å². The third-order valence-corrected chi connectivity index (χ3v) is 4.67. The Labute approximate surface area is 143 Å². The van der Waals surface area contributed by atoms with Crippen molar-refractivity contribution in [3.63, 3.8) is 0 Å². The largest absolute Gasteiger partial charge is 0.455 e. The van der Waals surface area contributed by atoms with E-state index < -0.39 is 0 Å². The van der Waals surface area contributed by atoms with Crippen LogP contribution in [0.25, 0.3) is 0 Å². The fraction of sp³-hybridized carbons (Fsp3) is 0.250. The molecule has 2 aromatic rings. The number of para-hydroxylation sites is 1. The van der Waals surface area contributed by atoms with E-state index in [4.69, 9.17) is 33.7 Å². The zero-order chi connectivity index (χ0) is 15.4. The van der Waals surface area contributed by atoms with Gasteiger partial charge in [-0.05, 0) is 46.5 Å². The number of rotatable bonds is 5. The highest BCUT2D eigenvalue weighted by Crippen LogP contribution is 2.37. The first kappa shape index (κ1) is 16.6. The van der Waals surface area contributed by atoms with Gasteiger partial charge in [0, 0.05) is 16.6 Å². The van der Waals surface area contributed by atoms with Gasteiger partial charge >= 0.3 is 0 Å². The summed E-state index contributed by atoms with van der Waals surface area (Å²) in [6, 6.07) is 11.3. The van der Waals surface area contributed by atoms with E-state index >= 15 is 0 Å². The van der Waals surface area contributed by atoms with Gasteiger partial charge in [0.05, 0.1) is 10.0 Å². The molecular weight excluding hydrogens is 373 g/mol. The molecule has 1 unspecified atom stereocenters. The van der Waals surface area contributed by atoms with Crippen molar-refractivity contribution in [1.29, 1.82) is 0 Å². The van der Waals surface area contributed by atoms with Crippen LogP contribution in [0.5, 0.6) is 11.5 Å². The summed E-state index contributed by atoms with van der Waals surface area (Å²) in [7, 11) is 0. The summed E-state index contributed by atoms with van der Waals surface area (Å²) in [5, 5.41) is 1.05. The summed E-state index contributed by atoms with van der Waals surface area (Å²) >= 11 is 15.6. The molecule has 112 valence electrons. The van der Waals surface area contributed by atoms with Crippen LogP contribution in [-0.4, -0.2) is 6.04 Å². The van der Waals surface area contributed by atoms with Crippen LogP contribution < -0.4 is 10.5 Å². The number of halogens is 3.